The Kier molecular flexibility index (Phi) is 4.06. The largest absolute Gasteiger partial charge is 0.494 e. The van der Waals surface area contributed by atoms with Crippen LogP contribution >= 0.6 is 0 Å². The van der Waals surface area contributed by atoms with Gasteiger partial charge in [-0.25, -0.2) is 4.39 Å². The fourth-order valence-corrected chi connectivity index (χ4v) is 1.82. The molecule has 5 heteroatoms. The molecular weight excluding hydrogens is 257 g/mol. The first-order valence-corrected chi connectivity index (χ1v) is 6.12. The van der Waals surface area contributed by atoms with Gasteiger partial charge in [0.25, 0.3) is 0 Å². The van der Waals surface area contributed by atoms with Crippen molar-refractivity contribution < 1.29 is 9.13 Å². The van der Waals surface area contributed by atoms with Crippen molar-refractivity contribution in [2.45, 2.75) is 6.92 Å². The zero-order valence-corrected chi connectivity index (χ0v) is 11.0. The van der Waals surface area contributed by atoms with Crippen LogP contribution in [0, 0.1) is 17.1 Å². The Morgan fingerprint density at radius 1 is 1.30 bits per heavy atom. The van der Waals surface area contributed by atoms with E-state index in [0.717, 1.165) is 0 Å². The molecule has 3 N–H and O–H groups in total. The maximum absolute atomic E-state index is 13.1. The minimum absolute atomic E-state index is 0.227. The Labute approximate surface area is 116 Å². The van der Waals surface area contributed by atoms with Gasteiger partial charge in [0, 0.05) is 23.5 Å². The molecule has 0 aliphatic carbocycles. The molecule has 0 bridgehead atoms. The average molecular weight is 271 g/mol. The molecule has 0 spiro atoms. The van der Waals surface area contributed by atoms with Gasteiger partial charge >= 0.3 is 0 Å². The zero-order chi connectivity index (χ0) is 14.5. The highest BCUT2D eigenvalue weighted by atomic mass is 19.1. The Morgan fingerprint density at radius 3 is 2.80 bits per heavy atom. The van der Waals surface area contributed by atoms with Gasteiger partial charge in [-0.1, -0.05) is 0 Å². The van der Waals surface area contributed by atoms with Gasteiger partial charge in [-0.3, -0.25) is 0 Å². The molecule has 0 fully saturated rings. The number of hydrogen-bond donors (Lipinski definition) is 2. The summed E-state index contributed by atoms with van der Waals surface area (Å²) in [5.74, 6) is 0.185. The third-order valence-electron chi connectivity index (χ3n) is 2.62. The molecule has 0 aliphatic heterocycles. The van der Waals surface area contributed by atoms with Gasteiger partial charge in [0.15, 0.2) is 0 Å². The number of nitrogen functional groups attached to an aromatic ring is 1. The number of benzene rings is 2. The predicted molar refractivity (Wildman–Crippen MR) is 76.4 cm³/mol. The topological polar surface area (TPSA) is 71.1 Å². The van der Waals surface area contributed by atoms with Crippen molar-refractivity contribution in [3.63, 3.8) is 0 Å². The van der Waals surface area contributed by atoms with E-state index in [9.17, 15) is 4.39 Å². The molecule has 4 nitrogen and oxygen atoms in total. The molecule has 0 amide bonds. The summed E-state index contributed by atoms with van der Waals surface area (Å²) in [5.41, 5.74) is 7.75. The van der Waals surface area contributed by atoms with Crippen LogP contribution in [0.3, 0.4) is 0 Å². The number of nitrogens with one attached hydrogen (secondary N) is 1. The molecule has 0 heterocycles. The van der Waals surface area contributed by atoms with Gasteiger partial charge in [-0.15, -0.1) is 0 Å². The lowest BCUT2D eigenvalue weighted by Gasteiger charge is -2.11. The number of nitrogens with two attached hydrogens (primary N) is 1. The van der Waals surface area contributed by atoms with Crippen LogP contribution < -0.4 is 15.8 Å². The van der Waals surface area contributed by atoms with Gasteiger partial charge in [0.05, 0.1) is 17.9 Å². The van der Waals surface area contributed by atoms with Crippen LogP contribution in [0.5, 0.6) is 5.75 Å². The lowest BCUT2D eigenvalue weighted by Crippen LogP contribution is -1.98. The van der Waals surface area contributed by atoms with E-state index >= 15 is 0 Å². The summed E-state index contributed by atoms with van der Waals surface area (Å²) < 4.78 is 18.5. The Morgan fingerprint density at radius 2 is 2.10 bits per heavy atom. The number of rotatable bonds is 4. The van der Waals surface area contributed by atoms with Crippen LogP contribution in [-0.2, 0) is 0 Å². The smallest absolute Gasteiger partial charge is 0.124 e. The van der Waals surface area contributed by atoms with Crippen LogP contribution in [0.1, 0.15) is 12.5 Å². The maximum atomic E-state index is 13.1. The molecule has 0 unspecified atom stereocenters. The standard InChI is InChI=1S/C15H14FN3O/c1-2-20-14-7-12(18)6-13(8-14)19-15-4-3-11(16)5-10(15)9-17/h3-8,19H,2,18H2,1H3. The summed E-state index contributed by atoms with van der Waals surface area (Å²) >= 11 is 0. The molecule has 0 saturated heterocycles. The van der Waals surface area contributed by atoms with Crippen molar-refractivity contribution >= 4 is 17.1 Å². The quantitative estimate of drug-likeness (QED) is 0.836. The van der Waals surface area contributed by atoms with E-state index in [1.165, 1.54) is 18.2 Å². The number of halogens is 1. The zero-order valence-electron chi connectivity index (χ0n) is 11.0. The normalized spacial score (nSPS) is 9.85. The lowest BCUT2D eigenvalue weighted by molar-refractivity contribution is 0.340. The van der Waals surface area contributed by atoms with Crippen molar-refractivity contribution in [1.82, 2.24) is 0 Å². The third-order valence-corrected chi connectivity index (χ3v) is 2.62. The minimum Gasteiger partial charge on any atom is -0.494 e. The van der Waals surface area contributed by atoms with Crippen molar-refractivity contribution in [2.24, 2.45) is 0 Å². The Hall–Kier alpha value is -2.74. The fraction of sp³-hybridized carbons (Fsp3) is 0.133. The molecule has 0 aromatic heterocycles. The van der Waals surface area contributed by atoms with Crippen LogP contribution in [0.15, 0.2) is 36.4 Å². The van der Waals surface area contributed by atoms with Crippen molar-refractivity contribution in [2.75, 3.05) is 17.7 Å². The molecule has 0 saturated carbocycles. The average Bonchev–Trinajstić information content (AvgIpc) is 2.40. The molecule has 0 aliphatic rings. The van der Waals surface area contributed by atoms with E-state index < -0.39 is 5.82 Å². The van der Waals surface area contributed by atoms with E-state index in [-0.39, 0.29) is 5.56 Å². The first-order valence-electron chi connectivity index (χ1n) is 6.12. The number of nitriles is 1. The summed E-state index contributed by atoms with van der Waals surface area (Å²) in [4.78, 5) is 0. The predicted octanol–water partition coefficient (Wildman–Crippen LogP) is 3.42. The number of nitrogens with zero attached hydrogens (tertiary/aromatic N) is 1. The minimum atomic E-state index is -0.449. The summed E-state index contributed by atoms with van der Waals surface area (Å²) in [6.07, 6.45) is 0. The van der Waals surface area contributed by atoms with E-state index in [1.807, 2.05) is 13.0 Å². The second-order valence-electron chi connectivity index (χ2n) is 4.15. The highest BCUT2D eigenvalue weighted by Crippen LogP contribution is 2.27. The number of anilines is 3. The van der Waals surface area contributed by atoms with Gasteiger partial charge in [-0.2, -0.15) is 5.26 Å². The van der Waals surface area contributed by atoms with Crippen molar-refractivity contribution in [3.8, 4) is 11.8 Å². The molecular formula is C15H14FN3O. The SMILES string of the molecule is CCOc1cc(N)cc(Nc2ccc(F)cc2C#N)c1. The number of hydrogen-bond acceptors (Lipinski definition) is 4. The van der Waals surface area contributed by atoms with Gasteiger partial charge in [-0.05, 0) is 31.2 Å². The first-order chi connectivity index (χ1) is 9.62. The second-order valence-corrected chi connectivity index (χ2v) is 4.15. The van der Waals surface area contributed by atoms with E-state index in [1.54, 1.807) is 18.2 Å². The first kappa shape index (κ1) is 13.7. The third kappa shape index (κ3) is 3.18. The van der Waals surface area contributed by atoms with Gasteiger partial charge in [0.2, 0.25) is 0 Å². The lowest BCUT2D eigenvalue weighted by atomic mass is 10.1. The summed E-state index contributed by atoms with van der Waals surface area (Å²) in [7, 11) is 0. The molecule has 0 atom stereocenters. The number of ether oxygens (including phenoxy) is 1. The van der Waals surface area contributed by atoms with Crippen molar-refractivity contribution in [3.05, 3.63) is 47.8 Å². The van der Waals surface area contributed by atoms with E-state index in [2.05, 4.69) is 5.32 Å². The van der Waals surface area contributed by atoms with Crippen molar-refractivity contribution in [1.29, 1.82) is 5.26 Å². The highest BCUT2D eigenvalue weighted by molar-refractivity contribution is 5.70. The summed E-state index contributed by atoms with van der Waals surface area (Å²) in [5, 5.41) is 12.0. The molecule has 20 heavy (non-hydrogen) atoms. The molecule has 2 aromatic rings. The van der Waals surface area contributed by atoms with E-state index in [0.29, 0.717) is 29.4 Å². The van der Waals surface area contributed by atoms with Crippen LogP contribution in [0.25, 0.3) is 0 Å². The Bertz CT molecular complexity index is 665. The van der Waals surface area contributed by atoms with Gasteiger partial charge < -0.3 is 15.8 Å². The Balaban J connectivity index is 2.32. The van der Waals surface area contributed by atoms with Crippen LogP contribution in [-0.4, -0.2) is 6.61 Å². The van der Waals surface area contributed by atoms with Crippen LogP contribution in [0.2, 0.25) is 0 Å². The fourth-order valence-electron chi connectivity index (χ4n) is 1.82. The summed E-state index contributed by atoms with van der Waals surface area (Å²) in [6, 6.07) is 11.1. The monoisotopic (exact) mass is 271 g/mol. The summed E-state index contributed by atoms with van der Waals surface area (Å²) in [6.45, 7) is 2.41. The second kappa shape index (κ2) is 5.93. The van der Waals surface area contributed by atoms with Gasteiger partial charge in [0.1, 0.15) is 17.6 Å². The molecule has 2 rings (SSSR count). The maximum Gasteiger partial charge on any atom is 0.124 e. The van der Waals surface area contributed by atoms with Crippen LogP contribution in [0.4, 0.5) is 21.5 Å². The molecule has 0 radical (unpaired) electrons. The highest BCUT2D eigenvalue weighted by Gasteiger charge is 2.06. The molecule has 102 valence electrons. The van der Waals surface area contributed by atoms with E-state index in [4.69, 9.17) is 15.7 Å². The molecule has 2 aromatic carbocycles.